The third-order valence-corrected chi connectivity index (χ3v) is 3.61. The molecule has 1 amide bonds. The van der Waals surface area contributed by atoms with Crippen molar-refractivity contribution in [2.75, 3.05) is 20.1 Å². The topological polar surface area (TPSA) is 58.4 Å². The molecule has 0 aromatic heterocycles. The molecule has 1 aliphatic rings. The van der Waals surface area contributed by atoms with Gasteiger partial charge in [0.1, 0.15) is 6.04 Å². The van der Waals surface area contributed by atoms with Gasteiger partial charge in [0.15, 0.2) is 0 Å². The Kier molecular flexibility index (Phi) is 6.28. The smallest absolute Gasteiger partial charge is 0.239 e. The van der Waals surface area contributed by atoms with Gasteiger partial charge in [-0.3, -0.25) is 9.69 Å². The van der Waals surface area contributed by atoms with Crippen molar-refractivity contribution in [1.82, 2.24) is 10.2 Å². The summed E-state index contributed by atoms with van der Waals surface area (Å²) in [6.45, 7) is 1.81. The summed E-state index contributed by atoms with van der Waals surface area (Å²) in [4.78, 5) is 13.9. The summed E-state index contributed by atoms with van der Waals surface area (Å²) in [6, 6.07) is 9.94. The molecule has 1 aliphatic heterocycles. The molecule has 5 heteroatoms. The molecule has 4 nitrogen and oxygen atoms in total. The van der Waals surface area contributed by atoms with E-state index in [9.17, 15) is 4.79 Å². The molecule has 3 N–H and O–H groups in total. The van der Waals surface area contributed by atoms with E-state index in [1.54, 1.807) is 0 Å². The number of hydrogen-bond acceptors (Lipinski definition) is 3. The van der Waals surface area contributed by atoms with Gasteiger partial charge in [0.25, 0.3) is 0 Å². The van der Waals surface area contributed by atoms with Crippen molar-refractivity contribution in [3.8, 4) is 0 Å². The van der Waals surface area contributed by atoms with Crippen LogP contribution >= 0.6 is 12.4 Å². The zero-order valence-corrected chi connectivity index (χ0v) is 12.0. The number of rotatable bonds is 4. The first kappa shape index (κ1) is 16.0. The summed E-state index contributed by atoms with van der Waals surface area (Å²) in [5, 5.41) is 3.29. The first-order valence-electron chi connectivity index (χ1n) is 6.48. The first-order chi connectivity index (χ1) is 8.72. The minimum absolute atomic E-state index is 0. The fraction of sp³-hybridized carbons (Fsp3) is 0.500. The normalized spacial score (nSPS) is 21.4. The predicted molar refractivity (Wildman–Crippen MR) is 79.3 cm³/mol. The number of nitrogens with two attached hydrogens (primary N) is 1. The maximum absolute atomic E-state index is 11.8. The molecule has 0 aliphatic carbocycles. The molecule has 1 aromatic carbocycles. The van der Waals surface area contributed by atoms with Gasteiger partial charge in [-0.05, 0) is 32.0 Å². The SMILES string of the molecule is CNC1CCCN(C(C(N)=O)c2ccccc2)C1.Cl. The number of piperidine rings is 1. The Morgan fingerprint density at radius 1 is 1.42 bits per heavy atom. The van der Waals surface area contributed by atoms with Crippen LogP contribution in [0.25, 0.3) is 0 Å². The van der Waals surface area contributed by atoms with Crippen LogP contribution in [0.2, 0.25) is 0 Å². The summed E-state index contributed by atoms with van der Waals surface area (Å²) in [7, 11) is 1.97. The number of halogens is 1. The van der Waals surface area contributed by atoms with Gasteiger partial charge in [0, 0.05) is 12.6 Å². The molecule has 2 rings (SSSR count). The Bertz CT molecular complexity index is 399. The van der Waals surface area contributed by atoms with Crippen LogP contribution in [0.1, 0.15) is 24.4 Å². The number of carbonyl (C=O) groups is 1. The summed E-state index contributed by atoms with van der Waals surface area (Å²) in [6.07, 6.45) is 2.26. The van der Waals surface area contributed by atoms with Crippen LogP contribution in [0, 0.1) is 0 Å². The van der Waals surface area contributed by atoms with E-state index in [-0.39, 0.29) is 24.4 Å². The average molecular weight is 284 g/mol. The lowest BCUT2D eigenvalue weighted by atomic mass is 9.99. The number of nitrogens with one attached hydrogen (secondary N) is 1. The summed E-state index contributed by atoms with van der Waals surface area (Å²) < 4.78 is 0. The third-order valence-electron chi connectivity index (χ3n) is 3.61. The van der Waals surface area contributed by atoms with Crippen LogP contribution in [0.4, 0.5) is 0 Å². The highest BCUT2D eigenvalue weighted by molar-refractivity contribution is 5.85. The number of nitrogens with zero attached hydrogens (tertiary/aromatic N) is 1. The van der Waals surface area contributed by atoms with Crippen molar-refractivity contribution in [2.45, 2.75) is 24.9 Å². The molecule has 1 fully saturated rings. The van der Waals surface area contributed by atoms with Crippen molar-refractivity contribution < 1.29 is 4.79 Å². The molecule has 1 saturated heterocycles. The number of benzene rings is 1. The Hall–Kier alpha value is -1.10. The summed E-state index contributed by atoms with van der Waals surface area (Å²) in [5.41, 5.74) is 6.57. The number of primary amides is 1. The van der Waals surface area contributed by atoms with Crippen molar-refractivity contribution >= 4 is 18.3 Å². The van der Waals surface area contributed by atoms with Crippen molar-refractivity contribution in [3.05, 3.63) is 35.9 Å². The minimum atomic E-state index is -0.303. The Labute approximate surface area is 120 Å². The molecule has 2 atom stereocenters. The maximum Gasteiger partial charge on any atom is 0.239 e. The van der Waals surface area contributed by atoms with E-state index in [1.165, 1.54) is 0 Å². The van der Waals surface area contributed by atoms with E-state index >= 15 is 0 Å². The molecular formula is C14H22ClN3O. The number of hydrogen-bond donors (Lipinski definition) is 2. The van der Waals surface area contributed by atoms with Crippen LogP contribution in [-0.2, 0) is 4.79 Å². The molecule has 1 heterocycles. The fourth-order valence-corrected chi connectivity index (χ4v) is 2.67. The summed E-state index contributed by atoms with van der Waals surface area (Å²) in [5.74, 6) is -0.266. The lowest BCUT2D eigenvalue weighted by molar-refractivity contribution is -0.124. The van der Waals surface area contributed by atoms with E-state index in [4.69, 9.17) is 5.73 Å². The number of likely N-dealkylation sites (tertiary alicyclic amines) is 1. The monoisotopic (exact) mass is 283 g/mol. The number of amides is 1. The lowest BCUT2D eigenvalue weighted by Crippen LogP contribution is -2.48. The Morgan fingerprint density at radius 3 is 2.68 bits per heavy atom. The van der Waals surface area contributed by atoms with Gasteiger partial charge in [0.2, 0.25) is 5.91 Å². The second-order valence-electron chi connectivity index (χ2n) is 4.84. The standard InChI is InChI=1S/C14H21N3O.ClH/c1-16-12-8-5-9-17(10-12)13(14(15)18)11-6-3-2-4-7-11;/h2-4,6-7,12-13,16H,5,8-10H2,1H3,(H2,15,18);1H. The zero-order valence-electron chi connectivity index (χ0n) is 11.2. The maximum atomic E-state index is 11.8. The van der Waals surface area contributed by atoms with Gasteiger partial charge in [-0.2, -0.15) is 0 Å². The van der Waals surface area contributed by atoms with E-state index in [2.05, 4.69) is 10.2 Å². The second kappa shape index (κ2) is 7.48. The highest BCUT2D eigenvalue weighted by Crippen LogP contribution is 2.24. The minimum Gasteiger partial charge on any atom is -0.368 e. The van der Waals surface area contributed by atoms with E-state index in [1.807, 2.05) is 37.4 Å². The van der Waals surface area contributed by atoms with Gasteiger partial charge in [-0.15, -0.1) is 12.4 Å². The van der Waals surface area contributed by atoms with Crippen LogP contribution < -0.4 is 11.1 Å². The highest BCUT2D eigenvalue weighted by Gasteiger charge is 2.29. The molecule has 0 bridgehead atoms. The van der Waals surface area contributed by atoms with Gasteiger partial charge >= 0.3 is 0 Å². The predicted octanol–water partition coefficient (Wildman–Crippen LogP) is 1.32. The van der Waals surface area contributed by atoms with Gasteiger partial charge in [0.05, 0.1) is 0 Å². The van der Waals surface area contributed by atoms with E-state index in [0.29, 0.717) is 6.04 Å². The van der Waals surface area contributed by atoms with Crippen LogP contribution in [-0.4, -0.2) is 37.0 Å². The second-order valence-corrected chi connectivity index (χ2v) is 4.84. The van der Waals surface area contributed by atoms with E-state index < -0.39 is 0 Å². The molecule has 2 unspecified atom stereocenters. The highest BCUT2D eigenvalue weighted by atomic mass is 35.5. The Morgan fingerprint density at radius 2 is 2.11 bits per heavy atom. The quantitative estimate of drug-likeness (QED) is 0.876. The summed E-state index contributed by atoms with van der Waals surface area (Å²) >= 11 is 0. The molecular weight excluding hydrogens is 262 g/mol. The van der Waals surface area contributed by atoms with Gasteiger partial charge < -0.3 is 11.1 Å². The van der Waals surface area contributed by atoms with Crippen molar-refractivity contribution in [2.24, 2.45) is 5.73 Å². The molecule has 0 spiro atoms. The third kappa shape index (κ3) is 3.93. The van der Waals surface area contributed by atoms with Crippen LogP contribution in [0.3, 0.4) is 0 Å². The largest absolute Gasteiger partial charge is 0.368 e. The molecule has 0 radical (unpaired) electrons. The number of likely N-dealkylation sites (N-methyl/N-ethyl adjacent to an activating group) is 1. The van der Waals surface area contributed by atoms with Crippen LogP contribution in [0.5, 0.6) is 0 Å². The zero-order chi connectivity index (χ0) is 13.0. The first-order valence-corrected chi connectivity index (χ1v) is 6.48. The van der Waals surface area contributed by atoms with Gasteiger partial charge in [-0.25, -0.2) is 0 Å². The van der Waals surface area contributed by atoms with E-state index in [0.717, 1.165) is 31.5 Å². The lowest BCUT2D eigenvalue weighted by Gasteiger charge is -2.37. The number of carbonyl (C=O) groups excluding carboxylic acids is 1. The molecule has 19 heavy (non-hydrogen) atoms. The molecule has 1 aromatic rings. The fourth-order valence-electron chi connectivity index (χ4n) is 2.67. The van der Waals surface area contributed by atoms with Gasteiger partial charge in [-0.1, -0.05) is 30.3 Å². The molecule has 0 saturated carbocycles. The van der Waals surface area contributed by atoms with Crippen molar-refractivity contribution in [1.29, 1.82) is 0 Å². The molecule has 106 valence electrons. The van der Waals surface area contributed by atoms with Crippen molar-refractivity contribution in [3.63, 3.8) is 0 Å². The average Bonchev–Trinajstić information content (AvgIpc) is 2.40. The Balaban J connectivity index is 0.00000180. The van der Waals surface area contributed by atoms with Crippen LogP contribution in [0.15, 0.2) is 30.3 Å².